The Bertz CT molecular complexity index is 185. The first kappa shape index (κ1) is 10.5. The molecule has 1 saturated heterocycles. The van der Waals surface area contributed by atoms with Gasteiger partial charge in [0.15, 0.2) is 0 Å². The molecular weight excluding hydrogens is 164 g/mol. The molecule has 0 saturated carbocycles. The van der Waals surface area contributed by atoms with Crippen molar-refractivity contribution in [3.8, 4) is 0 Å². The fourth-order valence-electron chi connectivity index (χ4n) is 1.71. The molecule has 1 rings (SSSR count). The molecule has 0 atom stereocenters. The van der Waals surface area contributed by atoms with Gasteiger partial charge in [-0.05, 0) is 5.92 Å². The number of hydrogen-bond donors (Lipinski definition) is 0. The predicted octanol–water partition coefficient (Wildman–Crippen LogP) is 0.805. The van der Waals surface area contributed by atoms with E-state index in [0.29, 0.717) is 6.04 Å². The number of nitrogens with zero attached hydrogens (tertiary/aromatic N) is 2. The molecule has 76 valence electrons. The fraction of sp³-hybridized carbons (Fsp3) is 0.900. The highest BCUT2D eigenvalue weighted by Gasteiger charge is 2.30. The van der Waals surface area contributed by atoms with E-state index in [1.165, 1.54) is 0 Å². The van der Waals surface area contributed by atoms with Gasteiger partial charge in [-0.3, -0.25) is 9.69 Å². The lowest BCUT2D eigenvalue weighted by Gasteiger charge is -2.44. The van der Waals surface area contributed by atoms with E-state index in [2.05, 4.69) is 18.7 Å². The van der Waals surface area contributed by atoms with E-state index in [4.69, 9.17) is 0 Å². The molecule has 1 fully saturated rings. The molecule has 1 aliphatic rings. The molecule has 13 heavy (non-hydrogen) atoms. The van der Waals surface area contributed by atoms with Crippen LogP contribution in [0.4, 0.5) is 0 Å². The van der Waals surface area contributed by atoms with Crippen LogP contribution < -0.4 is 0 Å². The van der Waals surface area contributed by atoms with Crippen LogP contribution in [0.2, 0.25) is 0 Å². The summed E-state index contributed by atoms with van der Waals surface area (Å²) in [7, 11) is 1.89. The van der Waals surface area contributed by atoms with Crippen molar-refractivity contribution in [1.82, 2.24) is 9.80 Å². The van der Waals surface area contributed by atoms with Crippen molar-refractivity contribution >= 4 is 5.91 Å². The average Bonchev–Trinajstić information content (AvgIpc) is 1.94. The van der Waals surface area contributed by atoms with E-state index in [9.17, 15) is 4.79 Å². The Kier molecular flexibility index (Phi) is 3.31. The zero-order valence-electron chi connectivity index (χ0n) is 9.08. The lowest BCUT2D eigenvalue weighted by molar-refractivity contribution is -0.132. The zero-order chi connectivity index (χ0) is 10.0. The van der Waals surface area contributed by atoms with E-state index in [1.54, 1.807) is 6.92 Å². The van der Waals surface area contributed by atoms with E-state index < -0.39 is 0 Å². The monoisotopic (exact) mass is 184 g/mol. The summed E-state index contributed by atoms with van der Waals surface area (Å²) >= 11 is 0. The van der Waals surface area contributed by atoms with Gasteiger partial charge in [-0.2, -0.15) is 0 Å². The number of likely N-dealkylation sites (N-methyl/N-ethyl adjacent to an activating group) is 1. The Hall–Kier alpha value is -0.570. The molecule has 0 spiro atoms. The lowest BCUT2D eigenvalue weighted by atomic mass is 10.1. The highest BCUT2D eigenvalue weighted by molar-refractivity contribution is 5.73. The minimum atomic E-state index is 0.175. The molecule has 1 aliphatic heterocycles. The second-order valence-electron chi connectivity index (χ2n) is 4.40. The largest absolute Gasteiger partial charge is 0.340 e. The number of amides is 1. The number of carbonyl (C=O) groups excluding carboxylic acids is 1. The molecule has 0 aromatic rings. The van der Waals surface area contributed by atoms with Crippen LogP contribution >= 0.6 is 0 Å². The summed E-state index contributed by atoms with van der Waals surface area (Å²) in [5.41, 5.74) is 0. The maximum atomic E-state index is 11.0. The standard InChI is InChI=1S/C10H20N2O/c1-8(2)5-12-6-10(7-12)11(4)9(3)13/h8,10H,5-7H2,1-4H3. The van der Waals surface area contributed by atoms with Gasteiger partial charge in [0.1, 0.15) is 0 Å². The minimum Gasteiger partial charge on any atom is -0.340 e. The Morgan fingerprint density at radius 1 is 1.54 bits per heavy atom. The van der Waals surface area contributed by atoms with Crippen LogP contribution in [-0.4, -0.2) is 48.4 Å². The molecular formula is C10H20N2O. The van der Waals surface area contributed by atoms with Crippen LogP contribution in [0.5, 0.6) is 0 Å². The smallest absolute Gasteiger partial charge is 0.219 e. The predicted molar refractivity (Wildman–Crippen MR) is 53.5 cm³/mol. The highest BCUT2D eigenvalue weighted by Crippen LogP contribution is 2.14. The topological polar surface area (TPSA) is 23.6 Å². The van der Waals surface area contributed by atoms with Crippen molar-refractivity contribution in [2.24, 2.45) is 5.92 Å². The molecule has 0 bridgehead atoms. The van der Waals surface area contributed by atoms with Crippen LogP contribution in [0.3, 0.4) is 0 Å². The molecule has 3 heteroatoms. The summed E-state index contributed by atoms with van der Waals surface area (Å²) in [6.07, 6.45) is 0. The van der Waals surface area contributed by atoms with Gasteiger partial charge in [-0.15, -0.1) is 0 Å². The Morgan fingerprint density at radius 3 is 2.46 bits per heavy atom. The van der Waals surface area contributed by atoms with Crippen molar-refractivity contribution in [3.05, 3.63) is 0 Å². The quantitative estimate of drug-likeness (QED) is 0.648. The van der Waals surface area contributed by atoms with Crippen LogP contribution in [0.1, 0.15) is 20.8 Å². The normalized spacial score (nSPS) is 18.8. The van der Waals surface area contributed by atoms with Crippen LogP contribution in [0.25, 0.3) is 0 Å². The molecule has 0 aliphatic carbocycles. The molecule has 0 radical (unpaired) electrons. The number of hydrogen-bond acceptors (Lipinski definition) is 2. The molecule has 0 unspecified atom stereocenters. The summed E-state index contributed by atoms with van der Waals surface area (Å²) in [6.45, 7) is 9.33. The van der Waals surface area contributed by atoms with Crippen molar-refractivity contribution < 1.29 is 4.79 Å². The molecule has 1 amide bonds. The summed E-state index contributed by atoms with van der Waals surface area (Å²) in [5, 5.41) is 0. The van der Waals surface area contributed by atoms with Gasteiger partial charge in [0.05, 0.1) is 6.04 Å². The third-order valence-corrected chi connectivity index (χ3v) is 2.61. The fourth-order valence-corrected chi connectivity index (χ4v) is 1.71. The van der Waals surface area contributed by atoms with Crippen molar-refractivity contribution in [2.75, 3.05) is 26.7 Å². The molecule has 0 N–H and O–H groups in total. The second-order valence-corrected chi connectivity index (χ2v) is 4.40. The summed E-state index contributed by atoms with van der Waals surface area (Å²) < 4.78 is 0. The van der Waals surface area contributed by atoms with E-state index in [0.717, 1.165) is 25.6 Å². The van der Waals surface area contributed by atoms with E-state index in [1.807, 2.05) is 11.9 Å². The summed E-state index contributed by atoms with van der Waals surface area (Å²) in [6, 6.07) is 0.455. The van der Waals surface area contributed by atoms with Gasteiger partial charge in [-0.25, -0.2) is 0 Å². The highest BCUT2D eigenvalue weighted by atomic mass is 16.2. The molecule has 3 nitrogen and oxygen atoms in total. The summed E-state index contributed by atoms with van der Waals surface area (Å²) in [4.78, 5) is 15.3. The second kappa shape index (κ2) is 4.09. The van der Waals surface area contributed by atoms with Crippen LogP contribution in [0, 0.1) is 5.92 Å². The van der Waals surface area contributed by atoms with Gasteiger partial charge >= 0.3 is 0 Å². The number of carbonyl (C=O) groups is 1. The van der Waals surface area contributed by atoms with E-state index in [-0.39, 0.29) is 5.91 Å². The third-order valence-electron chi connectivity index (χ3n) is 2.61. The number of rotatable bonds is 3. The van der Waals surface area contributed by atoms with Crippen molar-refractivity contribution in [3.63, 3.8) is 0 Å². The van der Waals surface area contributed by atoms with Crippen LogP contribution in [-0.2, 0) is 4.79 Å². The van der Waals surface area contributed by atoms with Gasteiger partial charge in [0.25, 0.3) is 0 Å². The van der Waals surface area contributed by atoms with Crippen LogP contribution in [0.15, 0.2) is 0 Å². The summed E-state index contributed by atoms with van der Waals surface area (Å²) in [5.74, 6) is 0.901. The van der Waals surface area contributed by atoms with E-state index >= 15 is 0 Å². The maximum Gasteiger partial charge on any atom is 0.219 e. The minimum absolute atomic E-state index is 0.175. The van der Waals surface area contributed by atoms with Gasteiger partial charge < -0.3 is 4.90 Å². The third kappa shape index (κ3) is 2.69. The first-order valence-corrected chi connectivity index (χ1v) is 4.96. The molecule has 0 aromatic heterocycles. The SMILES string of the molecule is CC(=O)N(C)C1CN(CC(C)C)C1. The zero-order valence-corrected chi connectivity index (χ0v) is 9.08. The van der Waals surface area contributed by atoms with Gasteiger partial charge in [0.2, 0.25) is 5.91 Å². The first-order valence-electron chi connectivity index (χ1n) is 4.96. The Labute approximate surface area is 80.7 Å². The van der Waals surface area contributed by atoms with Crippen molar-refractivity contribution in [1.29, 1.82) is 0 Å². The molecule has 0 aromatic carbocycles. The average molecular weight is 184 g/mol. The number of likely N-dealkylation sites (tertiary alicyclic amines) is 1. The maximum absolute atomic E-state index is 11.0. The van der Waals surface area contributed by atoms with Gasteiger partial charge in [0, 0.05) is 33.6 Å². The first-order chi connectivity index (χ1) is 6.00. The lowest BCUT2D eigenvalue weighted by Crippen LogP contribution is -2.59. The molecule has 1 heterocycles. The Morgan fingerprint density at radius 2 is 2.08 bits per heavy atom. The Balaban J connectivity index is 2.21. The van der Waals surface area contributed by atoms with Crippen molar-refractivity contribution in [2.45, 2.75) is 26.8 Å². The van der Waals surface area contributed by atoms with Gasteiger partial charge in [-0.1, -0.05) is 13.8 Å².